The summed E-state index contributed by atoms with van der Waals surface area (Å²) in [5.41, 5.74) is 2.45. The van der Waals surface area contributed by atoms with E-state index in [1.165, 1.54) is 22.8 Å². The highest BCUT2D eigenvalue weighted by Gasteiger charge is 2.32. The Labute approximate surface area is 199 Å². The first-order valence-corrected chi connectivity index (χ1v) is 10.8. The number of nitriles is 2. The molecule has 1 aliphatic heterocycles. The first-order valence-electron chi connectivity index (χ1n) is 10.8. The van der Waals surface area contributed by atoms with Crippen molar-refractivity contribution in [1.29, 1.82) is 10.5 Å². The molecular formula is C24H21F3N6O2. The number of pyridine rings is 2. The Hall–Kier alpha value is -4.09. The van der Waals surface area contributed by atoms with Crippen LogP contribution in [0.15, 0.2) is 41.2 Å². The summed E-state index contributed by atoms with van der Waals surface area (Å²) in [6.45, 7) is 4.24. The van der Waals surface area contributed by atoms with Gasteiger partial charge in [-0.1, -0.05) is 6.07 Å². The van der Waals surface area contributed by atoms with E-state index >= 15 is 0 Å². The van der Waals surface area contributed by atoms with Crippen molar-refractivity contribution in [3.63, 3.8) is 0 Å². The molecule has 35 heavy (non-hydrogen) atoms. The van der Waals surface area contributed by atoms with Gasteiger partial charge >= 0.3 is 6.36 Å². The molecule has 3 aromatic rings. The highest BCUT2D eigenvalue weighted by Crippen LogP contribution is 2.29. The van der Waals surface area contributed by atoms with Gasteiger partial charge in [0.2, 0.25) is 0 Å². The predicted molar refractivity (Wildman–Crippen MR) is 122 cm³/mol. The van der Waals surface area contributed by atoms with Crippen LogP contribution in [0.1, 0.15) is 23.7 Å². The summed E-state index contributed by atoms with van der Waals surface area (Å²) < 4.78 is 43.1. The molecule has 0 aliphatic carbocycles. The van der Waals surface area contributed by atoms with Crippen molar-refractivity contribution in [1.82, 2.24) is 14.5 Å². The van der Waals surface area contributed by atoms with Crippen LogP contribution in [0, 0.1) is 22.7 Å². The van der Waals surface area contributed by atoms with Crippen LogP contribution in [0.25, 0.3) is 11.0 Å². The Kier molecular flexibility index (Phi) is 6.37. The number of aryl methyl sites for hydroxylation is 1. The fourth-order valence-electron chi connectivity index (χ4n) is 4.36. The van der Waals surface area contributed by atoms with Gasteiger partial charge < -0.3 is 14.2 Å². The van der Waals surface area contributed by atoms with E-state index in [9.17, 15) is 28.5 Å². The molecule has 11 heteroatoms. The van der Waals surface area contributed by atoms with Crippen molar-refractivity contribution >= 4 is 16.7 Å². The van der Waals surface area contributed by atoms with Gasteiger partial charge in [0.15, 0.2) is 0 Å². The van der Waals surface area contributed by atoms with E-state index in [0.717, 1.165) is 6.07 Å². The number of aromatic nitrogens is 2. The number of ether oxygens (including phenoxy) is 1. The zero-order valence-corrected chi connectivity index (χ0v) is 19.0. The summed E-state index contributed by atoms with van der Waals surface area (Å²) in [4.78, 5) is 21.2. The maximum Gasteiger partial charge on any atom is 0.573 e. The molecule has 2 aromatic heterocycles. The molecule has 0 spiro atoms. The highest BCUT2D eigenvalue weighted by molar-refractivity contribution is 5.88. The molecule has 1 atom stereocenters. The molecule has 1 aliphatic rings. The van der Waals surface area contributed by atoms with E-state index in [2.05, 4.69) is 19.5 Å². The second kappa shape index (κ2) is 9.28. The van der Waals surface area contributed by atoms with Gasteiger partial charge in [0.1, 0.15) is 29.1 Å². The van der Waals surface area contributed by atoms with Crippen molar-refractivity contribution in [3.05, 3.63) is 63.6 Å². The van der Waals surface area contributed by atoms with Gasteiger partial charge in [-0.2, -0.15) is 10.5 Å². The molecule has 0 amide bonds. The number of fused-ring (bicyclic) bond motifs is 1. The van der Waals surface area contributed by atoms with E-state index in [1.807, 2.05) is 13.0 Å². The maximum atomic E-state index is 12.6. The minimum atomic E-state index is -4.87. The van der Waals surface area contributed by atoms with Gasteiger partial charge in [-0.3, -0.25) is 9.69 Å². The molecule has 1 fully saturated rings. The van der Waals surface area contributed by atoms with E-state index in [1.54, 1.807) is 25.2 Å². The number of halogens is 3. The first-order chi connectivity index (χ1) is 16.6. The molecule has 3 heterocycles. The minimum Gasteiger partial charge on any atom is -0.404 e. The lowest BCUT2D eigenvalue weighted by Gasteiger charge is -2.41. The monoisotopic (exact) mass is 482 g/mol. The molecule has 180 valence electrons. The van der Waals surface area contributed by atoms with E-state index in [4.69, 9.17) is 0 Å². The molecule has 0 bridgehead atoms. The van der Waals surface area contributed by atoms with Crippen molar-refractivity contribution in [2.24, 2.45) is 7.05 Å². The predicted octanol–water partition coefficient (Wildman–Crippen LogP) is 3.29. The second-order valence-electron chi connectivity index (χ2n) is 8.37. The Morgan fingerprint density at radius 3 is 2.57 bits per heavy atom. The van der Waals surface area contributed by atoms with Gasteiger partial charge in [-0.25, -0.2) is 4.98 Å². The van der Waals surface area contributed by atoms with Gasteiger partial charge in [-0.05, 0) is 36.8 Å². The number of anilines is 1. The van der Waals surface area contributed by atoms with Crippen LogP contribution in [-0.2, 0) is 13.6 Å². The van der Waals surface area contributed by atoms with Crippen molar-refractivity contribution in [2.75, 3.05) is 24.5 Å². The number of nitrogens with zero attached hydrogens (tertiary/aromatic N) is 6. The number of piperazine rings is 1. The summed E-state index contributed by atoms with van der Waals surface area (Å²) >= 11 is 0. The zero-order chi connectivity index (χ0) is 25.3. The van der Waals surface area contributed by atoms with E-state index < -0.39 is 12.1 Å². The van der Waals surface area contributed by atoms with E-state index in [-0.39, 0.29) is 22.9 Å². The fourth-order valence-corrected chi connectivity index (χ4v) is 4.36. The number of alkyl halides is 3. The SMILES string of the molecule is C[C@H]1CN(Cc2ccc(OC(F)(F)F)c(C#N)c2)CCN1c1cc(=O)n(C)c2ccc(C#N)nc12. The molecule has 1 aromatic carbocycles. The summed E-state index contributed by atoms with van der Waals surface area (Å²) in [7, 11) is 1.66. The van der Waals surface area contributed by atoms with Crippen molar-refractivity contribution in [3.8, 4) is 17.9 Å². The summed E-state index contributed by atoms with van der Waals surface area (Å²) in [5.74, 6) is -0.524. The molecule has 8 nitrogen and oxygen atoms in total. The van der Waals surface area contributed by atoms with Crippen LogP contribution in [0.5, 0.6) is 5.75 Å². The van der Waals surface area contributed by atoms with Crippen LogP contribution in [-0.4, -0.2) is 46.5 Å². The number of hydrogen-bond donors (Lipinski definition) is 0. The van der Waals surface area contributed by atoms with Gasteiger partial charge in [0.25, 0.3) is 5.56 Å². The van der Waals surface area contributed by atoms with Gasteiger partial charge in [-0.15, -0.1) is 13.2 Å². The lowest BCUT2D eigenvalue weighted by Crippen LogP contribution is -2.52. The number of benzene rings is 1. The highest BCUT2D eigenvalue weighted by atomic mass is 19.4. The Morgan fingerprint density at radius 2 is 1.91 bits per heavy atom. The van der Waals surface area contributed by atoms with Gasteiger partial charge in [0.05, 0.1) is 16.8 Å². The summed E-state index contributed by atoms with van der Waals surface area (Å²) in [5, 5.41) is 18.5. The summed E-state index contributed by atoms with van der Waals surface area (Å²) in [6.07, 6.45) is -4.87. The first kappa shape index (κ1) is 24.0. The standard InChI is InChI=1S/C24H21F3N6O2/c1-15-13-32(14-16-3-6-21(17(9-16)11-28)35-24(25,26)27)7-8-33(15)20-10-22(34)31(2)19-5-4-18(12-29)30-23(19)20/h3-6,9-10,15H,7-8,13-14H2,1-2H3/t15-/m0/s1. The third-order valence-electron chi connectivity index (χ3n) is 6.00. The van der Waals surface area contributed by atoms with Crippen LogP contribution >= 0.6 is 0 Å². The summed E-state index contributed by atoms with van der Waals surface area (Å²) in [6, 6.07) is 12.7. The second-order valence-corrected chi connectivity index (χ2v) is 8.37. The molecule has 0 radical (unpaired) electrons. The lowest BCUT2D eigenvalue weighted by atomic mass is 10.1. The molecule has 0 unspecified atom stereocenters. The smallest absolute Gasteiger partial charge is 0.404 e. The Balaban J connectivity index is 1.55. The average Bonchev–Trinajstić information content (AvgIpc) is 2.81. The van der Waals surface area contributed by atoms with Crippen LogP contribution in [0.3, 0.4) is 0 Å². The normalized spacial score (nSPS) is 16.7. The number of rotatable bonds is 4. The van der Waals surface area contributed by atoms with Crippen molar-refractivity contribution in [2.45, 2.75) is 25.9 Å². The fraction of sp³-hybridized carbons (Fsp3) is 0.333. The molecular weight excluding hydrogens is 461 g/mol. The van der Waals surface area contributed by atoms with Gasteiger partial charge in [0, 0.05) is 45.3 Å². The molecule has 1 saturated heterocycles. The third-order valence-corrected chi connectivity index (χ3v) is 6.00. The quantitative estimate of drug-likeness (QED) is 0.563. The van der Waals surface area contributed by atoms with Crippen LogP contribution < -0.4 is 15.2 Å². The average molecular weight is 482 g/mol. The molecule has 0 N–H and O–H groups in total. The molecule has 0 saturated carbocycles. The third kappa shape index (κ3) is 5.05. The zero-order valence-electron chi connectivity index (χ0n) is 19.0. The van der Waals surface area contributed by atoms with Crippen LogP contribution in [0.4, 0.5) is 18.9 Å². The lowest BCUT2D eigenvalue weighted by molar-refractivity contribution is -0.274. The Morgan fingerprint density at radius 1 is 1.14 bits per heavy atom. The minimum absolute atomic E-state index is 0.0186. The van der Waals surface area contributed by atoms with Crippen LogP contribution in [0.2, 0.25) is 0 Å². The number of hydrogen-bond acceptors (Lipinski definition) is 7. The van der Waals surface area contributed by atoms with E-state index in [0.29, 0.717) is 48.5 Å². The largest absolute Gasteiger partial charge is 0.573 e. The Bertz CT molecular complexity index is 1420. The molecule has 4 rings (SSSR count). The van der Waals surface area contributed by atoms with Crippen molar-refractivity contribution < 1.29 is 17.9 Å². The topological polar surface area (TPSA) is 98.2 Å². The maximum absolute atomic E-state index is 12.6.